The third kappa shape index (κ3) is 2.42. The Hall–Kier alpha value is -1.78. The maximum Gasteiger partial charge on any atom is 0.226 e. The fourth-order valence-electron chi connectivity index (χ4n) is 1.94. The predicted molar refractivity (Wildman–Crippen MR) is 63.8 cm³/mol. The van der Waals surface area contributed by atoms with Crippen LogP contribution in [0.3, 0.4) is 0 Å². The molecule has 1 unspecified atom stereocenters. The molecule has 1 aliphatic rings. The Labute approximate surface area is 94.5 Å². The standard InChI is InChI=1S/C11H13BN2O2/c13-8-3-1-2-7(6-8)12-9-4-5-10(15)14-11(9)16/h1-3,6,9,12H,4-5,13H2,(H,14,15,16). The molecule has 3 N–H and O–H groups in total. The van der Waals surface area contributed by atoms with Crippen molar-refractivity contribution in [1.29, 1.82) is 0 Å². The lowest BCUT2D eigenvalue weighted by molar-refractivity contribution is -0.132. The van der Waals surface area contributed by atoms with Crippen LogP contribution < -0.4 is 16.5 Å². The summed E-state index contributed by atoms with van der Waals surface area (Å²) in [5.74, 6) is -0.452. The molecule has 1 heterocycles. The molecular formula is C11H13BN2O2. The summed E-state index contributed by atoms with van der Waals surface area (Å²) in [5.41, 5.74) is 7.40. The van der Waals surface area contributed by atoms with Crippen molar-refractivity contribution >= 4 is 30.2 Å². The van der Waals surface area contributed by atoms with Crippen LogP contribution in [0, 0.1) is 0 Å². The first-order valence-corrected chi connectivity index (χ1v) is 5.33. The normalized spacial score (nSPS) is 20.4. The van der Waals surface area contributed by atoms with E-state index in [2.05, 4.69) is 5.32 Å². The van der Waals surface area contributed by atoms with E-state index in [0.717, 1.165) is 5.46 Å². The summed E-state index contributed by atoms with van der Waals surface area (Å²) in [6.07, 6.45) is 1.05. The first kappa shape index (κ1) is 10.7. The lowest BCUT2D eigenvalue weighted by Gasteiger charge is -2.19. The molecule has 1 aliphatic heterocycles. The number of benzene rings is 1. The predicted octanol–water partition coefficient (Wildman–Crippen LogP) is -0.444. The number of rotatable bonds is 2. The van der Waals surface area contributed by atoms with E-state index in [9.17, 15) is 9.59 Å². The summed E-state index contributed by atoms with van der Waals surface area (Å²) in [5, 5.41) is 2.36. The summed E-state index contributed by atoms with van der Waals surface area (Å²) in [4.78, 5) is 22.5. The molecule has 1 saturated heterocycles. The molecule has 5 heteroatoms. The van der Waals surface area contributed by atoms with Gasteiger partial charge in [-0.1, -0.05) is 17.6 Å². The monoisotopic (exact) mass is 216 g/mol. The average molecular weight is 216 g/mol. The SMILES string of the molecule is Nc1cccc(BC2CCC(=O)NC2=O)c1. The molecule has 1 aromatic rings. The topological polar surface area (TPSA) is 72.2 Å². The van der Waals surface area contributed by atoms with Crippen molar-refractivity contribution in [1.82, 2.24) is 5.32 Å². The molecule has 1 atom stereocenters. The molecule has 2 rings (SSSR count). The van der Waals surface area contributed by atoms with E-state index >= 15 is 0 Å². The quantitative estimate of drug-likeness (QED) is 0.399. The summed E-state index contributed by atoms with van der Waals surface area (Å²) in [6.45, 7) is 0. The number of piperidine rings is 1. The van der Waals surface area contributed by atoms with Crippen molar-refractivity contribution in [3.63, 3.8) is 0 Å². The molecule has 0 aliphatic carbocycles. The van der Waals surface area contributed by atoms with Crippen LogP contribution in [0.2, 0.25) is 5.82 Å². The van der Waals surface area contributed by atoms with E-state index < -0.39 is 0 Å². The Balaban J connectivity index is 2.05. The largest absolute Gasteiger partial charge is 0.399 e. The zero-order valence-electron chi connectivity index (χ0n) is 8.90. The van der Waals surface area contributed by atoms with Gasteiger partial charge in [0, 0.05) is 17.9 Å². The van der Waals surface area contributed by atoms with Gasteiger partial charge in [0.1, 0.15) is 0 Å². The number of nitrogen functional groups attached to an aromatic ring is 1. The van der Waals surface area contributed by atoms with Crippen LogP contribution in [0.25, 0.3) is 0 Å². The highest BCUT2D eigenvalue weighted by atomic mass is 16.2. The molecule has 2 amide bonds. The minimum Gasteiger partial charge on any atom is -0.399 e. The number of carbonyl (C=O) groups excluding carboxylic acids is 2. The van der Waals surface area contributed by atoms with Crippen molar-refractivity contribution < 1.29 is 9.59 Å². The molecule has 82 valence electrons. The van der Waals surface area contributed by atoms with Gasteiger partial charge >= 0.3 is 0 Å². The smallest absolute Gasteiger partial charge is 0.226 e. The van der Waals surface area contributed by atoms with Crippen LogP contribution in [0.1, 0.15) is 12.8 Å². The second-order valence-corrected chi connectivity index (χ2v) is 4.10. The Morgan fingerprint density at radius 2 is 2.19 bits per heavy atom. The minimum atomic E-state index is -0.172. The second kappa shape index (κ2) is 4.39. The van der Waals surface area contributed by atoms with Gasteiger partial charge in [-0.2, -0.15) is 0 Å². The van der Waals surface area contributed by atoms with Gasteiger partial charge in [0.05, 0.1) is 0 Å². The van der Waals surface area contributed by atoms with Crippen LogP contribution in [0.15, 0.2) is 24.3 Å². The van der Waals surface area contributed by atoms with Gasteiger partial charge in [-0.25, -0.2) is 0 Å². The molecular weight excluding hydrogens is 203 g/mol. The highest BCUT2D eigenvalue weighted by Crippen LogP contribution is 2.16. The lowest BCUT2D eigenvalue weighted by atomic mass is 9.56. The number of imide groups is 1. The van der Waals surface area contributed by atoms with Crippen LogP contribution in [0.4, 0.5) is 5.69 Å². The van der Waals surface area contributed by atoms with E-state index in [1.54, 1.807) is 0 Å². The number of anilines is 1. The molecule has 0 bridgehead atoms. The zero-order valence-corrected chi connectivity index (χ0v) is 8.90. The van der Waals surface area contributed by atoms with Gasteiger partial charge in [-0.3, -0.25) is 14.9 Å². The van der Waals surface area contributed by atoms with E-state index in [1.807, 2.05) is 24.3 Å². The van der Waals surface area contributed by atoms with Gasteiger partial charge in [0.15, 0.2) is 7.28 Å². The highest BCUT2D eigenvalue weighted by Gasteiger charge is 2.27. The van der Waals surface area contributed by atoms with Gasteiger partial charge in [-0.15, -0.1) is 0 Å². The first-order chi connectivity index (χ1) is 7.65. The van der Waals surface area contributed by atoms with E-state index in [4.69, 9.17) is 5.73 Å². The van der Waals surface area contributed by atoms with Crippen molar-refractivity contribution in [2.45, 2.75) is 18.7 Å². The number of carbonyl (C=O) groups is 2. The minimum absolute atomic E-state index is 0.112. The first-order valence-electron chi connectivity index (χ1n) is 5.33. The fourth-order valence-corrected chi connectivity index (χ4v) is 1.94. The van der Waals surface area contributed by atoms with E-state index in [-0.39, 0.29) is 17.6 Å². The second-order valence-electron chi connectivity index (χ2n) is 4.10. The molecule has 0 spiro atoms. The molecule has 16 heavy (non-hydrogen) atoms. The Bertz CT molecular complexity index is 434. The van der Waals surface area contributed by atoms with Crippen molar-refractivity contribution in [2.24, 2.45) is 0 Å². The zero-order chi connectivity index (χ0) is 11.5. The third-order valence-electron chi connectivity index (χ3n) is 2.79. The highest BCUT2D eigenvalue weighted by molar-refractivity contribution is 6.59. The third-order valence-corrected chi connectivity index (χ3v) is 2.79. The molecule has 1 aromatic carbocycles. The Morgan fingerprint density at radius 1 is 1.38 bits per heavy atom. The Kier molecular flexibility index (Phi) is 2.94. The van der Waals surface area contributed by atoms with E-state index in [0.29, 0.717) is 25.8 Å². The molecule has 0 aromatic heterocycles. The lowest BCUT2D eigenvalue weighted by Crippen LogP contribution is -2.42. The average Bonchev–Trinajstić information content (AvgIpc) is 2.22. The molecule has 1 fully saturated rings. The van der Waals surface area contributed by atoms with Gasteiger partial charge in [0.25, 0.3) is 0 Å². The summed E-state index contributed by atoms with van der Waals surface area (Å²) >= 11 is 0. The maximum absolute atomic E-state index is 11.5. The Morgan fingerprint density at radius 3 is 2.88 bits per heavy atom. The van der Waals surface area contributed by atoms with Gasteiger partial charge < -0.3 is 5.73 Å². The van der Waals surface area contributed by atoms with Gasteiger partial charge in [-0.05, 0) is 18.6 Å². The van der Waals surface area contributed by atoms with Crippen molar-refractivity contribution in [2.75, 3.05) is 5.73 Å². The molecule has 0 saturated carbocycles. The van der Waals surface area contributed by atoms with Crippen molar-refractivity contribution in [3.8, 4) is 0 Å². The summed E-state index contributed by atoms with van der Waals surface area (Å²) in [6, 6.07) is 7.49. The summed E-state index contributed by atoms with van der Waals surface area (Å²) in [7, 11) is 0.643. The number of amides is 2. The van der Waals surface area contributed by atoms with Gasteiger partial charge in [0.2, 0.25) is 11.8 Å². The number of hydrogen-bond acceptors (Lipinski definition) is 3. The molecule has 0 radical (unpaired) electrons. The number of nitrogens with one attached hydrogen (secondary N) is 1. The summed E-state index contributed by atoms with van der Waals surface area (Å²) < 4.78 is 0. The maximum atomic E-state index is 11.5. The van der Waals surface area contributed by atoms with Crippen LogP contribution in [-0.2, 0) is 9.59 Å². The number of hydrogen-bond donors (Lipinski definition) is 2. The number of nitrogens with two attached hydrogens (primary N) is 1. The fraction of sp³-hybridized carbons (Fsp3) is 0.273. The van der Waals surface area contributed by atoms with E-state index in [1.165, 1.54) is 0 Å². The molecule has 4 nitrogen and oxygen atoms in total. The van der Waals surface area contributed by atoms with Crippen LogP contribution in [-0.4, -0.2) is 19.1 Å². The van der Waals surface area contributed by atoms with Crippen LogP contribution in [0.5, 0.6) is 0 Å². The van der Waals surface area contributed by atoms with Crippen molar-refractivity contribution in [3.05, 3.63) is 24.3 Å². The van der Waals surface area contributed by atoms with Crippen LogP contribution >= 0.6 is 0 Å².